The molecule has 0 bridgehead atoms. The molecule has 354 valence electrons. The number of para-hydroxylation sites is 4. The molecule has 0 amide bonds. The van der Waals surface area contributed by atoms with E-state index >= 15 is 0 Å². The SMILES string of the molecule is Cc1ccc(C2(c3ccc(C)cc3)c3cc(N(c4ccccc4)c4ccccc4)ccc3-c3cc4c(cc32)-c2ccc(N(c3ccccc3)c3ccccc3)cc2C4(c2ccc(C)cc2)c2ccc(C)cc2)cc1. The molecule has 11 aromatic rings. The van der Waals surface area contributed by atoms with Crippen LogP contribution in [0.5, 0.6) is 0 Å². The fourth-order valence-corrected chi connectivity index (χ4v) is 12.4. The summed E-state index contributed by atoms with van der Waals surface area (Å²) in [5.41, 5.74) is 25.3. The fraction of sp³-hybridized carbons (Fsp3) is 0.0833. The van der Waals surface area contributed by atoms with E-state index in [9.17, 15) is 0 Å². The molecule has 0 saturated carbocycles. The molecule has 74 heavy (non-hydrogen) atoms. The molecule has 11 aromatic carbocycles. The minimum atomic E-state index is -0.674. The van der Waals surface area contributed by atoms with Gasteiger partial charge in [0.1, 0.15) is 0 Å². The highest BCUT2D eigenvalue weighted by molar-refractivity contribution is 5.97. The maximum atomic E-state index is 2.60. The van der Waals surface area contributed by atoms with Gasteiger partial charge >= 0.3 is 0 Å². The van der Waals surface area contributed by atoms with E-state index < -0.39 is 10.8 Å². The van der Waals surface area contributed by atoms with Gasteiger partial charge in [0.2, 0.25) is 0 Å². The summed E-state index contributed by atoms with van der Waals surface area (Å²) in [5, 5.41) is 0. The van der Waals surface area contributed by atoms with E-state index in [1.54, 1.807) is 0 Å². The van der Waals surface area contributed by atoms with Crippen molar-refractivity contribution in [2.75, 3.05) is 9.80 Å². The number of benzene rings is 11. The number of rotatable bonds is 10. The second-order valence-corrected chi connectivity index (χ2v) is 20.4. The zero-order valence-corrected chi connectivity index (χ0v) is 42.3. The first-order valence-electron chi connectivity index (χ1n) is 25.9. The summed E-state index contributed by atoms with van der Waals surface area (Å²) in [7, 11) is 0. The van der Waals surface area contributed by atoms with Crippen molar-refractivity contribution in [3.8, 4) is 22.3 Å². The van der Waals surface area contributed by atoms with Gasteiger partial charge in [-0.1, -0.05) is 204 Å². The lowest BCUT2D eigenvalue weighted by Gasteiger charge is -2.36. The topological polar surface area (TPSA) is 6.48 Å². The normalized spacial score (nSPS) is 13.4. The van der Waals surface area contributed by atoms with Crippen molar-refractivity contribution in [3.05, 3.63) is 334 Å². The van der Waals surface area contributed by atoms with Crippen LogP contribution in [0.25, 0.3) is 22.3 Å². The second kappa shape index (κ2) is 17.9. The summed E-state index contributed by atoms with van der Waals surface area (Å²) in [6.07, 6.45) is 0. The van der Waals surface area contributed by atoms with Gasteiger partial charge in [0.25, 0.3) is 0 Å². The largest absolute Gasteiger partial charge is 0.310 e. The Bertz CT molecular complexity index is 3400. The molecule has 0 heterocycles. The molecule has 0 radical (unpaired) electrons. The predicted octanol–water partition coefficient (Wildman–Crippen LogP) is 18.6. The van der Waals surface area contributed by atoms with Crippen LogP contribution < -0.4 is 9.80 Å². The Kier molecular flexibility index (Phi) is 10.9. The number of anilines is 6. The van der Waals surface area contributed by atoms with E-state index in [-0.39, 0.29) is 0 Å². The van der Waals surface area contributed by atoms with Gasteiger partial charge in [0.05, 0.1) is 10.8 Å². The van der Waals surface area contributed by atoms with Crippen LogP contribution in [0, 0.1) is 27.7 Å². The minimum Gasteiger partial charge on any atom is -0.310 e. The van der Waals surface area contributed by atoms with E-state index in [4.69, 9.17) is 0 Å². The smallest absolute Gasteiger partial charge is 0.0714 e. The molecule has 2 aliphatic carbocycles. The van der Waals surface area contributed by atoms with E-state index in [1.807, 2.05) is 0 Å². The molecule has 2 nitrogen and oxygen atoms in total. The summed E-state index contributed by atoms with van der Waals surface area (Å²) in [6, 6.07) is 100. The molecule has 0 atom stereocenters. The molecule has 13 rings (SSSR count). The van der Waals surface area contributed by atoms with Gasteiger partial charge in [0, 0.05) is 34.1 Å². The van der Waals surface area contributed by atoms with Crippen LogP contribution in [0.4, 0.5) is 34.1 Å². The van der Waals surface area contributed by atoms with Crippen LogP contribution in [0.15, 0.2) is 267 Å². The first-order valence-corrected chi connectivity index (χ1v) is 25.9. The molecular weight excluding hydrogens is 893 g/mol. The third-order valence-corrected chi connectivity index (χ3v) is 15.9. The Morgan fingerprint density at radius 1 is 0.216 bits per heavy atom. The van der Waals surface area contributed by atoms with Gasteiger partial charge < -0.3 is 9.80 Å². The quantitative estimate of drug-likeness (QED) is 0.135. The first kappa shape index (κ1) is 44.9. The van der Waals surface area contributed by atoms with Crippen molar-refractivity contribution in [1.82, 2.24) is 0 Å². The zero-order chi connectivity index (χ0) is 50.0. The van der Waals surface area contributed by atoms with Crippen molar-refractivity contribution in [2.45, 2.75) is 38.5 Å². The van der Waals surface area contributed by atoms with Crippen LogP contribution in [0.3, 0.4) is 0 Å². The standard InChI is InChI=1S/C72H56N2/c1-49-25-33-53(34-26-49)71(54-35-27-50(2)28-36-54)67-45-61(73(57-17-9-5-10-18-57)58-19-11-6-12-20-58)41-43-63(67)65-48-70-66(47-69(65)71)64-44-42-62(74(59-21-13-7-14-22-59)60-23-15-8-16-24-60)46-68(64)72(70,55-37-29-51(3)30-38-55)56-39-31-52(4)32-40-56/h5-48H,1-4H3. The van der Waals surface area contributed by atoms with E-state index in [1.165, 1.54) is 89.0 Å². The highest BCUT2D eigenvalue weighted by atomic mass is 15.1. The molecule has 0 aliphatic heterocycles. The molecule has 0 unspecified atom stereocenters. The summed E-state index contributed by atoms with van der Waals surface area (Å²) in [6.45, 7) is 8.77. The van der Waals surface area contributed by atoms with Crippen LogP contribution in [-0.4, -0.2) is 0 Å². The number of hydrogen-bond acceptors (Lipinski definition) is 2. The second-order valence-electron chi connectivity index (χ2n) is 20.4. The molecule has 0 N–H and O–H groups in total. The van der Waals surface area contributed by atoms with E-state index in [0.29, 0.717) is 0 Å². The summed E-state index contributed by atoms with van der Waals surface area (Å²) in [5.74, 6) is 0. The fourth-order valence-electron chi connectivity index (χ4n) is 12.4. The highest BCUT2D eigenvalue weighted by Crippen LogP contribution is 2.64. The Morgan fingerprint density at radius 3 is 0.716 bits per heavy atom. The third-order valence-electron chi connectivity index (χ3n) is 15.9. The van der Waals surface area contributed by atoms with Crippen molar-refractivity contribution in [2.24, 2.45) is 0 Å². The third kappa shape index (κ3) is 7.08. The maximum absolute atomic E-state index is 2.60. The van der Waals surface area contributed by atoms with Gasteiger partial charge in [0.15, 0.2) is 0 Å². The first-order chi connectivity index (χ1) is 36.3. The minimum absolute atomic E-state index is 0.674. The average molecular weight is 949 g/mol. The lowest BCUT2D eigenvalue weighted by Crippen LogP contribution is -2.30. The Hall–Kier alpha value is -8.98. The van der Waals surface area contributed by atoms with Gasteiger partial charge in [-0.15, -0.1) is 0 Å². The molecule has 2 aliphatic rings. The summed E-state index contributed by atoms with van der Waals surface area (Å²) in [4.78, 5) is 4.81. The van der Waals surface area contributed by atoms with Crippen molar-refractivity contribution < 1.29 is 0 Å². The molecular formula is C72H56N2. The molecule has 2 heteroatoms. The van der Waals surface area contributed by atoms with E-state index in [0.717, 1.165) is 34.1 Å². The monoisotopic (exact) mass is 948 g/mol. The van der Waals surface area contributed by atoms with Crippen LogP contribution >= 0.6 is 0 Å². The Balaban J connectivity index is 1.15. The van der Waals surface area contributed by atoms with Gasteiger partial charge in [-0.3, -0.25) is 0 Å². The molecule has 0 saturated heterocycles. The van der Waals surface area contributed by atoms with Crippen LogP contribution in [-0.2, 0) is 10.8 Å². The molecule has 0 fully saturated rings. The van der Waals surface area contributed by atoms with Gasteiger partial charge in [-0.25, -0.2) is 0 Å². The van der Waals surface area contributed by atoms with Gasteiger partial charge in [-0.05, 0) is 179 Å². The number of hydrogen-bond donors (Lipinski definition) is 0. The van der Waals surface area contributed by atoms with E-state index in [2.05, 4.69) is 304 Å². The number of aryl methyl sites for hydroxylation is 4. The highest BCUT2D eigenvalue weighted by Gasteiger charge is 2.52. The summed E-state index contributed by atoms with van der Waals surface area (Å²) >= 11 is 0. The molecule has 0 spiro atoms. The molecule has 0 aromatic heterocycles. The Morgan fingerprint density at radius 2 is 0.459 bits per heavy atom. The van der Waals surface area contributed by atoms with Crippen molar-refractivity contribution in [3.63, 3.8) is 0 Å². The summed E-state index contributed by atoms with van der Waals surface area (Å²) < 4.78 is 0. The van der Waals surface area contributed by atoms with Crippen LogP contribution in [0.1, 0.15) is 66.8 Å². The van der Waals surface area contributed by atoms with Crippen molar-refractivity contribution >= 4 is 34.1 Å². The van der Waals surface area contributed by atoms with Gasteiger partial charge in [-0.2, -0.15) is 0 Å². The predicted molar refractivity (Wildman–Crippen MR) is 309 cm³/mol. The van der Waals surface area contributed by atoms with Crippen molar-refractivity contribution in [1.29, 1.82) is 0 Å². The Labute approximate surface area is 436 Å². The lowest BCUT2D eigenvalue weighted by molar-refractivity contribution is 0.758. The maximum Gasteiger partial charge on any atom is 0.0714 e. The number of fused-ring (bicyclic) bond motifs is 6. The number of nitrogens with zero attached hydrogens (tertiary/aromatic N) is 2. The van der Waals surface area contributed by atoms with Crippen LogP contribution in [0.2, 0.25) is 0 Å². The zero-order valence-electron chi connectivity index (χ0n) is 42.3. The average Bonchev–Trinajstić information content (AvgIpc) is 3.89. The lowest BCUT2D eigenvalue weighted by atomic mass is 9.65.